The average molecular weight is 316 g/mol. The van der Waals surface area contributed by atoms with Gasteiger partial charge in [-0.15, -0.1) is 0 Å². The first-order valence-electron chi connectivity index (χ1n) is 4.08. The van der Waals surface area contributed by atoms with Crippen LogP contribution in [0.5, 0.6) is 5.75 Å². The number of rotatable bonds is 0. The first-order chi connectivity index (χ1) is 7.45. The Labute approximate surface area is 116 Å². The molecule has 1 N–H and O–H groups in total. The zero-order valence-corrected chi connectivity index (χ0v) is 11.3. The second-order valence-corrected chi connectivity index (χ2v) is 4.99. The van der Waals surface area contributed by atoms with Crippen molar-refractivity contribution in [2.24, 2.45) is 0 Å². The maximum absolute atomic E-state index is 9.80. The van der Waals surface area contributed by atoms with Gasteiger partial charge in [-0.2, -0.15) is 0 Å². The Kier molecular flexibility index (Phi) is 3.35. The SMILES string of the molecule is Oc1c(Cl)c(Cl)c(Cl)c2c(Cl)c(Cl)ccc12. The van der Waals surface area contributed by atoms with Crippen molar-refractivity contribution >= 4 is 68.8 Å². The number of benzene rings is 2. The summed E-state index contributed by atoms with van der Waals surface area (Å²) in [5.41, 5.74) is 0. The third-order valence-electron chi connectivity index (χ3n) is 2.16. The number of phenols is 1. The summed E-state index contributed by atoms with van der Waals surface area (Å²) >= 11 is 29.5. The maximum Gasteiger partial charge on any atom is 0.143 e. The van der Waals surface area contributed by atoms with Crippen LogP contribution in [0.15, 0.2) is 12.1 Å². The summed E-state index contributed by atoms with van der Waals surface area (Å²) < 4.78 is 0. The lowest BCUT2D eigenvalue weighted by Crippen LogP contribution is -1.83. The molecule has 0 bridgehead atoms. The first-order valence-corrected chi connectivity index (χ1v) is 5.97. The van der Waals surface area contributed by atoms with Crippen molar-refractivity contribution in [3.8, 4) is 5.75 Å². The third kappa shape index (κ3) is 1.71. The molecule has 1 nitrogen and oxygen atoms in total. The number of aromatic hydroxyl groups is 1. The molecule has 0 aliphatic rings. The molecule has 16 heavy (non-hydrogen) atoms. The van der Waals surface area contributed by atoms with Crippen LogP contribution in [0.1, 0.15) is 0 Å². The van der Waals surface area contributed by atoms with Gasteiger partial charge >= 0.3 is 0 Å². The van der Waals surface area contributed by atoms with Crippen LogP contribution < -0.4 is 0 Å². The minimum Gasteiger partial charge on any atom is -0.506 e. The molecule has 2 aromatic carbocycles. The van der Waals surface area contributed by atoms with Gasteiger partial charge in [-0.05, 0) is 12.1 Å². The Balaban J connectivity index is 3.09. The highest BCUT2D eigenvalue weighted by molar-refractivity contribution is 6.54. The zero-order chi connectivity index (χ0) is 12.0. The Morgan fingerprint density at radius 1 is 0.750 bits per heavy atom. The van der Waals surface area contributed by atoms with Gasteiger partial charge in [0.2, 0.25) is 0 Å². The topological polar surface area (TPSA) is 20.2 Å². The minimum absolute atomic E-state index is 0.00226. The van der Waals surface area contributed by atoms with Crippen molar-refractivity contribution < 1.29 is 5.11 Å². The molecule has 0 atom stereocenters. The van der Waals surface area contributed by atoms with Crippen LogP contribution in [-0.4, -0.2) is 5.11 Å². The van der Waals surface area contributed by atoms with E-state index in [1.807, 2.05) is 0 Å². The number of hydrogen-bond acceptors (Lipinski definition) is 1. The molecule has 0 saturated carbocycles. The first kappa shape index (κ1) is 12.4. The molecular formula is C10H3Cl5O. The van der Waals surface area contributed by atoms with Crippen LogP contribution in [0.2, 0.25) is 25.1 Å². The predicted molar refractivity (Wildman–Crippen MR) is 70.7 cm³/mol. The van der Waals surface area contributed by atoms with Crippen LogP contribution in [0.25, 0.3) is 10.8 Å². The molecule has 0 radical (unpaired) electrons. The summed E-state index contributed by atoms with van der Waals surface area (Å²) in [7, 11) is 0. The van der Waals surface area contributed by atoms with E-state index in [9.17, 15) is 5.11 Å². The molecule has 0 spiro atoms. The van der Waals surface area contributed by atoms with Crippen molar-refractivity contribution in [2.75, 3.05) is 0 Å². The minimum atomic E-state index is -0.162. The van der Waals surface area contributed by atoms with Crippen molar-refractivity contribution in [1.29, 1.82) is 0 Å². The predicted octanol–water partition coefficient (Wildman–Crippen LogP) is 5.81. The second kappa shape index (κ2) is 4.32. The largest absolute Gasteiger partial charge is 0.506 e. The third-order valence-corrected chi connectivity index (χ3v) is 4.28. The number of halogens is 5. The van der Waals surface area contributed by atoms with E-state index in [1.165, 1.54) is 0 Å². The number of phenolic OH excluding ortho intramolecular Hbond substituents is 1. The molecule has 6 heteroatoms. The van der Waals surface area contributed by atoms with E-state index in [4.69, 9.17) is 58.0 Å². The fraction of sp³-hybridized carbons (Fsp3) is 0. The summed E-state index contributed by atoms with van der Waals surface area (Å²) in [5, 5.41) is 11.4. The quantitative estimate of drug-likeness (QED) is 0.608. The Bertz CT molecular complexity index is 594. The fourth-order valence-corrected chi connectivity index (χ4v) is 2.58. The summed E-state index contributed by atoms with van der Waals surface area (Å²) in [5.74, 6) is -0.162. The van der Waals surface area contributed by atoms with Gasteiger partial charge in [0.25, 0.3) is 0 Å². The van der Waals surface area contributed by atoms with Gasteiger partial charge in [0.05, 0.1) is 20.1 Å². The van der Waals surface area contributed by atoms with E-state index < -0.39 is 0 Å². The normalized spacial score (nSPS) is 11.1. The van der Waals surface area contributed by atoms with E-state index in [-0.39, 0.29) is 25.8 Å². The molecule has 0 fully saturated rings. The summed E-state index contributed by atoms with van der Waals surface area (Å²) in [6.07, 6.45) is 0. The Hall–Kier alpha value is -0.0500. The highest BCUT2D eigenvalue weighted by Gasteiger charge is 2.18. The van der Waals surface area contributed by atoms with Crippen LogP contribution >= 0.6 is 58.0 Å². The lowest BCUT2D eigenvalue weighted by atomic mass is 10.1. The fourth-order valence-electron chi connectivity index (χ4n) is 1.39. The molecule has 0 aromatic heterocycles. The monoisotopic (exact) mass is 314 g/mol. The van der Waals surface area contributed by atoms with E-state index in [2.05, 4.69) is 0 Å². The standard InChI is InChI=1S/C10H3Cl5O/c11-4-2-1-3-5(6(4)12)7(13)8(14)9(15)10(3)16/h1-2,16H. The van der Waals surface area contributed by atoms with Gasteiger partial charge in [0, 0.05) is 10.8 Å². The van der Waals surface area contributed by atoms with Crippen molar-refractivity contribution in [1.82, 2.24) is 0 Å². The van der Waals surface area contributed by atoms with Gasteiger partial charge in [0.1, 0.15) is 10.8 Å². The van der Waals surface area contributed by atoms with Crippen LogP contribution in [0.4, 0.5) is 0 Å². The summed E-state index contributed by atoms with van der Waals surface area (Å²) in [6.45, 7) is 0. The van der Waals surface area contributed by atoms with E-state index in [0.29, 0.717) is 15.8 Å². The van der Waals surface area contributed by atoms with Gasteiger partial charge in [0.15, 0.2) is 0 Å². The molecule has 0 amide bonds. The molecular weight excluding hydrogens is 313 g/mol. The molecule has 2 rings (SSSR count). The van der Waals surface area contributed by atoms with Crippen LogP contribution in [0, 0.1) is 0 Å². The van der Waals surface area contributed by atoms with Gasteiger partial charge in [-0.1, -0.05) is 58.0 Å². The summed E-state index contributed by atoms with van der Waals surface area (Å²) in [6, 6.07) is 3.12. The highest BCUT2D eigenvalue weighted by Crippen LogP contribution is 2.47. The molecule has 0 aliphatic heterocycles. The number of fused-ring (bicyclic) bond motifs is 1. The summed E-state index contributed by atoms with van der Waals surface area (Å²) in [4.78, 5) is 0. The smallest absolute Gasteiger partial charge is 0.143 e. The van der Waals surface area contributed by atoms with Gasteiger partial charge in [-0.25, -0.2) is 0 Å². The van der Waals surface area contributed by atoms with Crippen molar-refractivity contribution in [2.45, 2.75) is 0 Å². The Morgan fingerprint density at radius 2 is 1.38 bits per heavy atom. The lowest BCUT2D eigenvalue weighted by molar-refractivity contribution is 0.482. The van der Waals surface area contributed by atoms with E-state index in [0.717, 1.165) is 0 Å². The van der Waals surface area contributed by atoms with Crippen molar-refractivity contribution in [3.05, 3.63) is 37.2 Å². The Morgan fingerprint density at radius 3 is 2.00 bits per heavy atom. The molecule has 0 aliphatic carbocycles. The van der Waals surface area contributed by atoms with Crippen LogP contribution in [0.3, 0.4) is 0 Å². The molecule has 2 aromatic rings. The van der Waals surface area contributed by atoms with Crippen molar-refractivity contribution in [3.63, 3.8) is 0 Å². The zero-order valence-electron chi connectivity index (χ0n) is 7.49. The van der Waals surface area contributed by atoms with E-state index >= 15 is 0 Å². The lowest BCUT2D eigenvalue weighted by Gasteiger charge is -2.10. The maximum atomic E-state index is 9.80. The second-order valence-electron chi connectivity index (χ2n) is 3.07. The molecule has 0 unspecified atom stereocenters. The molecule has 0 saturated heterocycles. The molecule has 84 valence electrons. The highest BCUT2D eigenvalue weighted by atomic mass is 35.5. The van der Waals surface area contributed by atoms with Gasteiger partial charge in [-0.3, -0.25) is 0 Å². The number of hydrogen-bond donors (Lipinski definition) is 1. The average Bonchev–Trinajstić information content (AvgIpc) is 2.27. The van der Waals surface area contributed by atoms with Crippen LogP contribution in [-0.2, 0) is 0 Å². The molecule has 0 heterocycles. The van der Waals surface area contributed by atoms with Gasteiger partial charge < -0.3 is 5.11 Å². The van der Waals surface area contributed by atoms with E-state index in [1.54, 1.807) is 12.1 Å².